The van der Waals surface area contributed by atoms with Crippen LogP contribution in [0.5, 0.6) is 0 Å². The van der Waals surface area contributed by atoms with Crippen LogP contribution >= 0.6 is 11.6 Å². The summed E-state index contributed by atoms with van der Waals surface area (Å²) in [5.74, 6) is -1.85. The highest BCUT2D eigenvalue weighted by Crippen LogP contribution is 2.22. The Labute approximate surface area is 227 Å². The Kier molecular flexibility index (Phi) is 10.3. The lowest BCUT2D eigenvalue weighted by Crippen LogP contribution is -2.47. The number of allylic oxidation sites excluding steroid dienone is 1. The number of hydrogen-bond donors (Lipinski definition) is 2. The molecule has 0 saturated heterocycles. The number of likely N-dealkylation sites (N-methyl/N-ethyl adjacent to an activating group) is 1. The number of rotatable bonds is 6. The second-order valence-electron chi connectivity index (χ2n) is 9.18. The van der Waals surface area contributed by atoms with Crippen LogP contribution in [0.4, 0.5) is 10.5 Å². The first-order valence-corrected chi connectivity index (χ1v) is 12.7. The van der Waals surface area contributed by atoms with Crippen LogP contribution in [0, 0.1) is 5.92 Å². The van der Waals surface area contributed by atoms with Crippen molar-refractivity contribution < 1.29 is 29.0 Å². The number of cyclic esters (lactones) is 1. The highest BCUT2D eigenvalue weighted by Gasteiger charge is 2.33. The SMILES string of the molecule is C[C@H]1COC(=O)[C@@H](N(C(=O)O)c2ccccc2)CC=CC[C@@H](CC(=O)NCc2ccc(Cl)cc2)C(=O)N1C. The zero-order chi connectivity index (χ0) is 27.7. The standard InChI is InChI=1S/C28H32ClN3O6/c1-19-18-38-27(35)24(32(28(36)37)23-9-4-3-5-10-23)11-7-6-8-21(26(34)31(19)2)16-25(33)30-17-20-12-14-22(29)15-13-20/h3-7,9-10,12-15,19,21,24H,8,11,16-18H2,1-2H3,(H,30,33)(H,36,37)/t19-,21-,24-/m0/s1. The Morgan fingerprint density at radius 2 is 1.74 bits per heavy atom. The fraction of sp³-hybridized carbons (Fsp3) is 0.357. The monoisotopic (exact) mass is 541 g/mol. The van der Waals surface area contributed by atoms with E-state index in [9.17, 15) is 24.3 Å². The van der Waals surface area contributed by atoms with Crippen molar-refractivity contribution in [1.29, 1.82) is 0 Å². The number of carbonyl (C=O) groups is 4. The Balaban J connectivity index is 1.76. The zero-order valence-electron chi connectivity index (χ0n) is 21.4. The third-order valence-electron chi connectivity index (χ3n) is 6.43. The van der Waals surface area contributed by atoms with Crippen LogP contribution in [0.2, 0.25) is 5.02 Å². The number of halogens is 1. The van der Waals surface area contributed by atoms with E-state index in [2.05, 4.69) is 5.32 Å². The van der Waals surface area contributed by atoms with Gasteiger partial charge in [0.2, 0.25) is 11.8 Å². The van der Waals surface area contributed by atoms with Crippen LogP contribution in [-0.4, -0.2) is 59.6 Å². The summed E-state index contributed by atoms with van der Waals surface area (Å²) in [5, 5.41) is 13.3. The van der Waals surface area contributed by atoms with Crippen LogP contribution in [0.1, 0.15) is 31.7 Å². The van der Waals surface area contributed by atoms with Crippen molar-refractivity contribution in [3.8, 4) is 0 Å². The third kappa shape index (κ3) is 7.82. The van der Waals surface area contributed by atoms with E-state index >= 15 is 0 Å². The number of ether oxygens (including phenoxy) is 1. The largest absolute Gasteiger partial charge is 0.465 e. The summed E-state index contributed by atoms with van der Waals surface area (Å²) in [6.07, 6.45) is 2.36. The first-order valence-electron chi connectivity index (χ1n) is 12.3. The Morgan fingerprint density at radius 3 is 2.39 bits per heavy atom. The minimum atomic E-state index is -1.28. The smallest absolute Gasteiger partial charge is 0.412 e. The van der Waals surface area contributed by atoms with Crippen molar-refractivity contribution in [3.63, 3.8) is 0 Å². The molecule has 202 valence electrons. The predicted octanol–water partition coefficient (Wildman–Crippen LogP) is 4.26. The molecule has 0 aliphatic carbocycles. The topological polar surface area (TPSA) is 116 Å². The summed E-state index contributed by atoms with van der Waals surface area (Å²) >= 11 is 5.91. The van der Waals surface area contributed by atoms with Crippen molar-refractivity contribution in [3.05, 3.63) is 77.3 Å². The summed E-state index contributed by atoms with van der Waals surface area (Å²) in [7, 11) is 1.60. The summed E-state index contributed by atoms with van der Waals surface area (Å²) in [4.78, 5) is 53.5. The van der Waals surface area contributed by atoms with E-state index in [1.54, 1.807) is 68.6 Å². The number of benzene rings is 2. The van der Waals surface area contributed by atoms with E-state index in [4.69, 9.17) is 16.3 Å². The molecule has 0 aromatic heterocycles. The first kappa shape index (κ1) is 28.7. The summed E-state index contributed by atoms with van der Waals surface area (Å²) in [5.41, 5.74) is 1.23. The molecule has 0 spiro atoms. The molecule has 3 amide bonds. The highest BCUT2D eigenvalue weighted by molar-refractivity contribution is 6.30. The molecule has 9 nitrogen and oxygen atoms in total. The second kappa shape index (κ2) is 13.6. The molecule has 1 aliphatic heterocycles. The highest BCUT2D eigenvalue weighted by atomic mass is 35.5. The van der Waals surface area contributed by atoms with Gasteiger partial charge < -0.3 is 20.1 Å². The first-order chi connectivity index (χ1) is 18.2. The summed E-state index contributed by atoms with van der Waals surface area (Å²) in [6.45, 7) is 1.92. The Morgan fingerprint density at radius 1 is 1.08 bits per heavy atom. The van der Waals surface area contributed by atoms with Crippen LogP contribution in [-0.2, 0) is 25.7 Å². The van der Waals surface area contributed by atoms with Crippen LogP contribution in [0.25, 0.3) is 0 Å². The Hall–Kier alpha value is -3.85. The van der Waals surface area contributed by atoms with Gasteiger partial charge in [0.05, 0.1) is 12.0 Å². The van der Waals surface area contributed by atoms with E-state index in [0.29, 0.717) is 17.3 Å². The summed E-state index contributed by atoms with van der Waals surface area (Å²) < 4.78 is 5.46. The van der Waals surface area contributed by atoms with Crippen LogP contribution in [0.3, 0.4) is 0 Å². The van der Waals surface area contributed by atoms with Gasteiger partial charge in [0.1, 0.15) is 12.6 Å². The van der Waals surface area contributed by atoms with Crippen molar-refractivity contribution in [2.24, 2.45) is 5.92 Å². The molecule has 0 unspecified atom stereocenters. The molecular weight excluding hydrogens is 510 g/mol. The lowest BCUT2D eigenvalue weighted by atomic mass is 9.97. The van der Waals surface area contributed by atoms with Crippen molar-refractivity contribution >= 4 is 41.2 Å². The second-order valence-corrected chi connectivity index (χ2v) is 9.62. The molecule has 2 aromatic rings. The fourth-order valence-electron chi connectivity index (χ4n) is 4.09. The van der Waals surface area contributed by atoms with Gasteiger partial charge in [-0.2, -0.15) is 0 Å². The normalized spacial score (nSPS) is 20.6. The molecule has 10 heteroatoms. The number of carbonyl (C=O) groups excluding carboxylic acids is 3. The van der Waals surface area contributed by atoms with E-state index in [1.165, 1.54) is 4.90 Å². The maximum atomic E-state index is 13.2. The zero-order valence-corrected chi connectivity index (χ0v) is 22.1. The van der Waals surface area contributed by atoms with Crippen molar-refractivity contribution in [1.82, 2.24) is 10.2 Å². The molecule has 2 aromatic carbocycles. The van der Waals surface area contributed by atoms with Gasteiger partial charge >= 0.3 is 12.1 Å². The maximum absolute atomic E-state index is 13.2. The van der Waals surface area contributed by atoms with Gasteiger partial charge in [0.15, 0.2) is 0 Å². The Bertz CT molecular complexity index is 1150. The molecule has 0 bridgehead atoms. The summed E-state index contributed by atoms with van der Waals surface area (Å²) in [6, 6.07) is 13.9. The van der Waals surface area contributed by atoms with Gasteiger partial charge in [-0.25, -0.2) is 9.59 Å². The quantitative estimate of drug-likeness (QED) is 0.417. The lowest BCUT2D eigenvalue weighted by Gasteiger charge is -2.31. The minimum Gasteiger partial charge on any atom is -0.465 e. The molecular formula is C28H32ClN3O6. The van der Waals surface area contributed by atoms with E-state index in [-0.39, 0.29) is 37.7 Å². The number of anilines is 1. The number of nitrogens with zero attached hydrogens (tertiary/aromatic N) is 2. The average molecular weight is 542 g/mol. The van der Waals surface area contributed by atoms with E-state index in [0.717, 1.165) is 10.5 Å². The molecule has 0 fully saturated rings. The van der Waals surface area contributed by atoms with Crippen LogP contribution < -0.4 is 10.2 Å². The number of esters is 1. The van der Waals surface area contributed by atoms with Gasteiger partial charge in [0, 0.05) is 30.7 Å². The van der Waals surface area contributed by atoms with Gasteiger partial charge in [-0.3, -0.25) is 14.5 Å². The number of amides is 3. The molecule has 0 saturated carbocycles. The van der Waals surface area contributed by atoms with Gasteiger partial charge in [-0.05, 0) is 49.6 Å². The number of carboxylic acid groups (broad SMARTS) is 1. The van der Waals surface area contributed by atoms with E-state index < -0.39 is 30.1 Å². The number of hydrogen-bond acceptors (Lipinski definition) is 5. The molecule has 2 N–H and O–H groups in total. The fourth-order valence-corrected chi connectivity index (χ4v) is 4.22. The van der Waals surface area contributed by atoms with Gasteiger partial charge in [0.25, 0.3) is 0 Å². The molecule has 3 atom stereocenters. The van der Waals surface area contributed by atoms with Crippen molar-refractivity contribution in [2.75, 3.05) is 18.6 Å². The van der Waals surface area contributed by atoms with Crippen LogP contribution in [0.15, 0.2) is 66.7 Å². The molecule has 1 aliphatic rings. The lowest BCUT2D eigenvalue weighted by molar-refractivity contribution is -0.149. The number of para-hydroxylation sites is 1. The van der Waals surface area contributed by atoms with Crippen molar-refractivity contribution in [2.45, 2.75) is 44.8 Å². The predicted molar refractivity (Wildman–Crippen MR) is 144 cm³/mol. The molecule has 0 radical (unpaired) electrons. The minimum absolute atomic E-state index is 0.0255. The molecule has 38 heavy (non-hydrogen) atoms. The number of nitrogens with one attached hydrogen (secondary N) is 1. The van der Waals surface area contributed by atoms with Gasteiger partial charge in [-0.1, -0.05) is 54.1 Å². The maximum Gasteiger partial charge on any atom is 0.412 e. The third-order valence-corrected chi connectivity index (χ3v) is 6.68. The molecule has 3 rings (SSSR count). The van der Waals surface area contributed by atoms with Gasteiger partial charge in [-0.15, -0.1) is 0 Å². The average Bonchev–Trinajstić information content (AvgIpc) is 2.91. The molecule has 1 heterocycles. The van der Waals surface area contributed by atoms with E-state index in [1.807, 2.05) is 12.1 Å².